The van der Waals surface area contributed by atoms with Crippen LogP contribution in [0.5, 0.6) is 11.5 Å². The highest BCUT2D eigenvalue weighted by atomic mass is 16.6. The molecule has 6 nitrogen and oxygen atoms in total. The fourth-order valence-corrected chi connectivity index (χ4v) is 4.56. The zero-order valence-corrected chi connectivity index (χ0v) is 18.2. The Morgan fingerprint density at radius 1 is 0.906 bits per heavy atom. The number of benzene rings is 3. The van der Waals surface area contributed by atoms with Gasteiger partial charge in [0.2, 0.25) is 0 Å². The van der Waals surface area contributed by atoms with Crippen LogP contribution in [-0.4, -0.2) is 49.8 Å². The Morgan fingerprint density at radius 3 is 2.53 bits per heavy atom. The number of likely N-dealkylation sites (tertiary alicyclic amines) is 1. The molecule has 166 valence electrons. The molecular weight excluding hydrogens is 402 g/mol. The van der Waals surface area contributed by atoms with Crippen LogP contribution < -0.4 is 20.1 Å². The van der Waals surface area contributed by atoms with Gasteiger partial charge in [-0.3, -0.25) is 0 Å². The molecule has 0 spiro atoms. The van der Waals surface area contributed by atoms with E-state index in [1.54, 1.807) is 0 Å². The Bertz CT molecular complexity index is 1090. The molecule has 2 aliphatic rings. The number of carbonyl (C=O) groups is 1. The first-order valence-electron chi connectivity index (χ1n) is 11.4. The summed E-state index contributed by atoms with van der Waals surface area (Å²) in [4.78, 5) is 15.3. The molecule has 1 saturated heterocycles. The van der Waals surface area contributed by atoms with Gasteiger partial charge >= 0.3 is 6.03 Å². The van der Waals surface area contributed by atoms with Crippen LogP contribution in [0.2, 0.25) is 0 Å². The van der Waals surface area contributed by atoms with Gasteiger partial charge in [0.15, 0.2) is 11.5 Å². The van der Waals surface area contributed by atoms with Crippen molar-refractivity contribution in [3.05, 3.63) is 66.2 Å². The number of anilines is 1. The second kappa shape index (κ2) is 9.49. The summed E-state index contributed by atoms with van der Waals surface area (Å²) in [5.41, 5.74) is 1.92. The third kappa shape index (κ3) is 4.97. The van der Waals surface area contributed by atoms with Crippen LogP contribution in [-0.2, 0) is 6.42 Å². The van der Waals surface area contributed by atoms with Crippen molar-refractivity contribution in [2.75, 3.05) is 38.2 Å². The fraction of sp³-hybridized carbons (Fsp3) is 0.346. The SMILES string of the molecule is O=C(Nc1ccc2ccccc2c1)NC(Cc1ccc2c(c1)OCCO2)CN1CCCC1. The van der Waals surface area contributed by atoms with Gasteiger partial charge in [0, 0.05) is 18.3 Å². The standard InChI is InChI=1S/C26H29N3O3/c30-26(27-22-9-8-20-5-1-2-6-21(20)17-22)28-23(18-29-11-3-4-12-29)15-19-7-10-24-25(16-19)32-14-13-31-24/h1-2,5-10,16-17,23H,3-4,11-15,18H2,(H2,27,28,30). The number of nitrogens with zero attached hydrogens (tertiary/aromatic N) is 1. The zero-order chi connectivity index (χ0) is 21.8. The van der Waals surface area contributed by atoms with Gasteiger partial charge in [-0.25, -0.2) is 4.79 Å². The molecule has 2 amide bonds. The molecule has 1 atom stereocenters. The van der Waals surface area contributed by atoms with Gasteiger partial charge in [0.25, 0.3) is 0 Å². The van der Waals surface area contributed by atoms with Crippen molar-refractivity contribution in [1.29, 1.82) is 0 Å². The summed E-state index contributed by atoms with van der Waals surface area (Å²) in [5.74, 6) is 1.58. The summed E-state index contributed by atoms with van der Waals surface area (Å²) in [6.45, 7) is 4.16. The van der Waals surface area contributed by atoms with Crippen LogP contribution in [0.15, 0.2) is 60.7 Å². The van der Waals surface area contributed by atoms with E-state index in [1.807, 2.05) is 42.5 Å². The summed E-state index contributed by atoms with van der Waals surface area (Å²) in [6, 6.07) is 20.0. The number of rotatable bonds is 6. The number of nitrogens with one attached hydrogen (secondary N) is 2. The van der Waals surface area contributed by atoms with E-state index in [1.165, 1.54) is 12.8 Å². The number of hydrogen-bond acceptors (Lipinski definition) is 4. The molecule has 32 heavy (non-hydrogen) atoms. The highest BCUT2D eigenvalue weighted by Gasteiger charge is 2.21. The van der Waals surface area contributed by atoms with Gasteiger partial charge in [0.05, 0.1) is 0 Å². The normalized spacial score (nSPS) is 16.6. The van der Waals surface area contributed by atoms with Crippen molar-refractivity contribution >= 4 is 22.5 Å². The minimum Gasteiger partial charge on any atom is -0.486 e. The van der Waals surface area contributed by atoms with Crippen LogP contribution in [0.4, 0.5) is 10.5 Å². The minimum atomic E-state index is -0.179. The first kappa shape index (κ1) is 20.6. The van der Waals surface area contributed by atoms with E-state index in [-0.39, 0.29) is 12.1 Å². The van der Waals surface area contributed by atoms with Crippen LogP contribution in [0.25, 0.3) is 10.8 Å². The van der Waals surface area contributed by atoms with Gasteiger partial charge in [-0.1, -0.05) is 36.4 Å². The van der Waals surface area contributed by atoms with Crippen molar-refractivity contribution in [3.8, 4) is 11.5 Å². The van der Waals surface area contributed by atoms with Crippen LogP contribution in [0.3, 0.4) is 0 Å². The average molecular weight is 432 g/mol. The second-order valence-corrected chi connectivity index (χ2v) is 8.55. The number of ether oxygens (including phenoxy) is 2. The molecule has 3 aromatic carbocycles. The molecule has 5 rings (SSSR count). The lowest BCUT2D eigenvalue weighted by Gasteiger charge is -2.25. The van der Waals surface area contributed by atoms with E-state index in [2.05, 4.69) is 33.7 Å². The summed E-state index contributed by atoms with van der Waals surface area (Å²) >= 11 is 0. The lowest BCUT2D eigenvalue weighted by molar-refractivity contribution is 0.171. The quantitative estimate of drug-likeness (QED) is 0.606. The second-order valence-electron chi connectivity index (χ2n) is 8.55. The summed E-state index contributed by atoms with van der Waals surface area (Å²) < 4.78 is 11.4. The van der Waals surface area contributed by atoms with E-state index in [0.717, 1.165) is 59.6 Å². The predicted molar refractivity (Wildman–Crippen MR) is 127 cm³/mol. The smallest absolute Gasteiger partial charge is 0.319 e. The Balaban J connectivity index is 1.28. The Kier molecular flexibility index (Phi) is 6.12. The molecule has 0 aromatic heterocycles. The third-order valence-electron chi connectivity index (χ3n) is 6.11. The highest BCUT2D eigenvalue weighted by molar-refractivity contribution is 5.93. The van der Waals surface area contributed by atoms with Crippen molar-refractivity contribution in [2.45, 2.75) is 25.3 Å². The molecule has 1 unspecified atom stereocenters. The zero-order valence-electron chi connectivity index (χ0n) is 18.2. The average Bonchev–Trinajstić information content (AvgIpc) is 3.32. The molecule has 0 saturated carbocycles. The molecule has 6 heteroatoms. The van der Waals surface area contributed by atoms with Crippen molar-refractivity contribution in [2.24, 2.45) is 0 Å². The van der Waals surface area contributed by atoms with E-state index in [4.69, 9.17) is 9.47 Å². The Labute approximate surface area is 188 Å². The molecule has 3 aromatic rings. The lowest BCUT2D eigenvalue weighted by Crippen LogP contribution is -2.46. The van der Waals surface area contributed by atoms with E-state index >= 15 is 0 Å². The maximum absolute atomic E-state index is 12.9. The largest absolute Gasteiger partial charge is 0.486 e. The fourth-order valence-electron chi connectivity index (χ4n) is 4.56. The molecule has 0 bridgehead atoms. The van der Waals surface area contributed by atoms with Gasteiger partial charge in [-0.2, -0.15) is 0 Å². The molecule has 2 heterocycles. The lowest BCUT2D eigenvalue weighted by atomic mass is 10.0. The topological polar surface area (TPSA) is 62.8 Å². The molecule has 0 radical (unpaired) electrons. The number of fused-ring (bicyclic) bond motifs is 2. The number of urea groups is 1. The maximum atomic E-state index is 12.9. The van der Waals surface area contributed by atoms with Gasteiger partial charge < -0.3 is 25.0 Å². The minimum absolute atomic E-state index is 0.00360. The molecular formula is C26H29N3O3. The van der Waals surface area contributed by atoms with Gasteiger partial charge in [-0.05, 0) is 73.0 Å². The first-order chi connectivity index (χ1) is 15.7. The number of carbonyl (C=O) groups excluding carboxylic acids is 1. The van der Waals surface area contributed by atoms with Crippen molar-refractivity contribution in [3.63, 3.8) is 0 Å². The Hall–Kier alpha value is -3.25. The summed E-state index contributed by atoms with van der Waals surface area (Å²) in [5, 5.41) is 8.48. The van der Waals surface area contributed by atoms with E-state index < -0.39 is 0 Å². The number of amides is 2. The maximum Gasteiger partial charge on any atom is 0.319 e. The molecule has 2 N–H and O–H groups in total. The highest BCUT2D eigenvalue weighted by Crippen LogP contribution is 2.31. The van der Waals surface area contributed by atoms with E-state index in [0.29, 0.717) is 13.2 Å². The van der Waals surface area contributed by atoms with Gasteiger partial charge in [-0.15, -0.1) is 0 Å². The number of hydrogen-bond donors (Lipinski definition) is 2. The monoisotopic (exact) mass is 431 g/mol. The third-order valence-corrected chi connectivity index (χ3v) is 6.11. The summed E-state index contributed by atoms with van der Waals surface area (Å²) in [7, 11) is 0. The van der Waals surface area contributed by atoms with Crippen molar-refractivity contribution in [1.82, 2.24) is 10.2 Å². The van der Waals surface area contributed by atoms with Crippen LogP contribution in [0.1, 0.15) is 18.4 Å². The summed E-state index contributed by atoms with van der Waals surface area (Å²) in [6.07, 6.45) is 3.18. The van der Waals surface area contributed by atoms with E-state index in [9.17, 15) is 4.79 Å². The predicted octanol–water partition coefficient (Wildman–Crippen LogP) is 4.44. The first-order valence-corrected chi connectivity index (χ1v) is 11.4. The van der Waals surface area contributed by atoms with Crippen molar-refractivity contribution < 1.29 is 14.3 Å². The van der Waals surface area contributed by atoms with Gasteiger partial charge in [0.1, 0.15) is 13.2 Å². The van der Waals surface area contributed by atoms with Crippen LogP contribution in [0, 0.1) is 0 Å². The molecule has 2 aliphatic heterocycles. The Morgan fingerprint density at radius 2 is 1.69 bits per heavy atom. The molecule has 0 aliphatic carbocycles. The molecule has 1 fully saturated rings. The van der Waals surface area contributed by atoms with Crippen LogP contribution >= 0.6 is 0 Å².